The zero-order valence-corrected chi connectivity index (χ0v) is 12.3. The Morgan fingerprint density at radius 3 is 2.75 bits per heavy atom. The minimum Gasteiger partial charge on any atom is -0.475 e. The fourth-order valence-corrected chi connectivity index (χ4v) is 2.73. The SMILES string of the molecule is CCCN1CCC(NCc2cc(C(=O)O)oc2C)CC1. The largest absolute Gasteiger partial charge is 0.475 e. The Morgan fingerprint density at radius 2 is 2.20 bits per heavy atom. The number of hydrogen-bond acceptors (Lipinski definition) is 4. The molecule has 5 nitrogen and oxygen atoms in total. The van der Waals surface area contributed by atoms with Crippen molar-refractivity contribution >= 4 is 5.97 Å². The molecule has 1 fully saturated rings. The second kappa shape index (κ2) is 6.90. The average Bonchev–Trinajstić information content (AvgIpc) is 2.80. The van der Waals surface area contributed by atoms with Gasteiger partial charge in [-0.3, -0.25) is 0 Å². The highest BCUT2D eigenvalue weighted by atomic mass is 16.4. The number of nitrogens with zero attached hydrogens (tertiary/aromatic N) is 1. The molecule has 1 aliphatic heterocycles. The fraction of sp³-hybridized carbons (Fsp3) is 0.667. The third-order valence-electron chi connectivity index (χ3n) is 3.94. The first-order valence-electron chi connectivity index (χ1n) is 7.38. The molecular weight excluding hydrogens is 256 g/mol. The summed E-state index contributed by atoms with van der Waals surface area (Å²) in [6.45, 7) is 8.20. The summed E-state index contributed by atoms with van der Waals surface area (Å²) < 4.78 is 5.22. The van der Waals surface area contributed by atoms with Crippen molar-refractivity contribution in [3.8, 4) is 0 Å². The van der Waals surface area contributed by atoms with Gasteiger partial charge in [-0.15, -0.1) is 0 Å². The van der Waals surface area contributed by atoms with Gasteiger partial charge in [-0.2, -0.15) is 0 Å². The highest BCUT2D eigenvalue weighted by Crippen LogP contribution is 2.16. The highest BCUT2D eigenvalue weighted by molar-refractivity contribution is 5.84. The van der Waals surface area contributed by atoms with Gasteiger partial charge < -0.3 is 19.7 Å². The van der Waals surface area contributed by atoms with Gasteiger partial charge in [0.1, 0.15) is 5.76 Å². The molecule has 0 aliphatic carbocycles. The van der Waals surface area contributed by atoms with E-state index < -0.39 is 5.97 Å². The van der Waals surface area contributed by atoms with Gasteiger partial charge in [-0.05, 0) is 51.9 Å². The molecule has 0 bridgehead atoms. The van der Waals surface area contributed by atoms with Crippen molar-refractivity contribution in [2.75, 3.05) is 19.6 Å². The quantitative estimate of drug-likeness (QED) is 0.836. The Balaban J connectivity index is 1.80. The molecule has 0 atom stereocenters. The Kier molecular flexibility index (Phi) is 5.20. The molecule has 1 aromatic rings. The normalized spacial score (nSPS) is 17.5. The number of aryl methyl sites for hydroxylation is 1. The first-order valence-corrected chi connectivity index (χ1v) is 7.38. The lowest BCUT2D eigenvalue weighted by molar-refractivity contribution is 0.0661. The predicted molar refractivity (Wildman–Crippen MR) is 77.0 cm³/mol. The smallest absolute Gasteiger partial charge is 0.371 e. The third-order valence-corrected chi connectivity index (χ3v) is 3.94. The molecule has 1 saturated heterocycles. The molecule has 1 aromatic heterocycles. The number of hydrogen-bond donors (Lipinski definition) is 2. The van der Waals surface area contributed by atoms with Gasteiger partial charge >= 0.3 is 5.97 Å². The maximum atomic E-state index is 10.9. The Bertz CT molecular complexity index is 448. The van der Waals surface area contributed by atoms with E-state index in [0.717, 1.165) is 31.5 Å². The van der Waals surface area contributed by atoms with E-state index in [0.29, 0.717) is 18.3 Å². The minimum atomic E-state index is -1.01. The predicted octanol–water partition coefficient (Wildman–Crippen LogP) is 2.25. The summed E-state index contributed by atoms with van der Waals surface area (Å²) in [5.41, 5.74) is 0.943. The monoisotopic (exact) mass is 280 g/mol. The Hall–Kier alpha value is -1.33. The van der Waals surface area contributed by atoms with Crippen molar-refractivity contribution in [3.05, 3.63) is 23.2 Å². The molecule has 0 saturated carbocycles. The van der Waals surface area contributed by atoms with Crippen LogP contribution in [0.5, 0.6) is 0 Å². The average molecular weight is 280 g/mol. The van der Waals surface area contributed by atoms with E-state index in [9.17, 15) is 4.79 Å². The van der Waals surface area contributed by atoms with Crippen LogP contribution in [0.2, 0.25) is 0 Å². The number of carbonyl (C=O) groups is 1. The van der Waals surface area contributed by atoms with Crippen LogP contribution >= 0.6 is 0 Å². The van der Waals surface area contributed by atoms with E-state index in [1.54, 1.807) is 6.07 Å². The van der Waals surface area contributed by atoms with Crippen LogP contribution < -0.4 is 5.32 Å². The first kappa shape index (κ1) is 15.1. The van der Waals surface area contributed by atoms with Crippen LogP contribution in [0, 0.1) is 6.92 Å². The Morgan fingerprint density at radius 1 is 1.50 bits per heavy atom. The van der Waals surface area contributed by atoms with Crippen LogP contribution in [-0.2, 0) is 6.54 Å². The van der Waals surface area contributed by atoms with Crippen LogP contribution in [0.1, 0.15) is 48.1 Å². The maximum Gasteiger partial charge on any atom is 0.371 e. The summed E-state index contributed by atoms with van der Waals surface area (Å²) in [7, 11) is 0. The van der Waals surface area contributed by atoms with E-state index >= 15 is 0 Å². The molecule has 0 amide bonds. The molecule has 0 radical (unpaired) electrons. The highest BCUT2D eigenvalue weighted by Gasteiger charge is 2.19. The number of rotatable bonds is 6. The van der Waals surface area contributed by atoms with E-state index in [1.165, 1.54) is 13.0 Å². The van der Waals surface area contributed by atoms with Gasteiger partial charge in [0.25, 0.3) is 0 Å². The standard InChI is InChI=1S/C15H24N2O3/c1-3-6-17-7-4-13(5-8-17)16-10-12-9-14(15(18)19)20-11(12)2/h9,13,16H,3-8,10H2,1-2H3,(H,18,19). The zero-order valence-electron chi connectivity index (χ0n) is 12.3. The molecule has 0 spiro atoms. The molecule has 112 valence electrons. The zero-order chi connectivity index (χ0) is 14.5. The molecular formula is C15H24N2O3. The molecule has 2 heterocycles. The summed E-state index contributed by atoms with van der Waals surface area (Å²) in [5, 5.41) is 12.4. The lowest BCUT2D eigenvalue weighted by Crippen LogP contribution is -2.42. The first-order chi connectivity index (χ1) is 9.60. The number of carboxylic acids is 1. The summed E-state index contributed by atoms with van der Waals surface area (Å²) in [6, 6.07) is 2.14. The van der Waals surface area contributed by atoms with Gasteiger partial charge in [0.15, 0.2) is 0 Å². The topological polar surface area (TPSA) is 65.7 Å². The lowest BCUT2D eigenvalue weighted by atomic mass is 10.0. The summed E-state index contributed by atoms with van der Waals surface area (Å²) in [4.78, 5) is 13.4. The van der Waals surface area contributed by atoms with Gasteiger partial charge in [0.2, 0.25) is 5.76 Å². The number of nitrogens with one attached hydrogen (secondary N) is 1. The second-order valence-corrected chi connectivity index (χ2v) is 5.49. The molecule has 0 aromatic carbocycles. The van der Waals surface area contributed by atoms with Crippen LogP contribution in [-0.4, -0.2) is 41.7 Å². The summed E-state index contributed by atoms with van der Waals surface area (Å²) >= 11 is 0. The molecule has 2 N–H and O–H groups in total. The molecule has 20 heavy (non-hydrogen) atoms. The van der Waals surface area contributed by atoms with E-state index in [2.05, 4.69) is 17.1 Å². The molecule has 1 aliphatic rings. The number of likely N-dealkylation sites (tertiary alicyclic amines) is 1. The van der Waals surface area contributed by atoms with Crippen LogP contribution in [0.3, 0.4) is 0 Å². The third kappa shape index (κ3) is 3.84. The molecule has 0 unspecified atom stereocenters. The van der Waals surface area contributed by atoms with Gasteiger partial charge in [0.05, 0.1) is 0 Å². The van der Waals surface area contributed by atoms with Crippen molar-refractivity contribution in [1.82, 2.24) is 10.2 Å². The molecule has 5 heteroatoms. The number of furan rings is 1. The number of aromatic carboxylic acids is 1. The summed E-state index contributed by atoms with van der Waals surface area (Å²) in [5.74, 6) is -0.289. The minimum absolute atomic E-state index is 0.0251. The van der Waals surface area contributed by atoms with Gasteiger partial charge in [-0.25, -0.2) is 4.79 Å². The lowest BCUT2D eigenvalue weighted by Gasteiger charge is -2.32. The van der Waals surface area contributed by atoms with Gasteiger partial charge in [0, 0.05) is 18.2 Å². The summed E-state index contributed by atoms with van der Waals surface area (Å²) in [6.07, 6.45) is 3.52. The van der Waals surface area contributed by atoms with Crippen molar-refractivity contribution in [2.24, 2.45) is 0 Å². The van der Waals surface area contributed by atoms with E-state index in [1.807, 2.05) is 6.92 Å². The van der Waals surface area contributed by atoms with Crippen LogP contribution in [0.15, 0.2) is 10.5 Å². The van der Waals surface area contributed by atoms with Crippen molar-refractivity contribution in [2.45, 2.75) is 45.7 Å². The van der Waals surface area contributed by atoms with Crippen LogP contribution in [0.4, 0.5) is 0 Å². The van der Waals surface area contributed by atoms with Crippen LogP contribution in [0.25, 0.3) is 0 Å². The molecule has 2 rings (SSSR count). The van der Waals surface area contributed by atoms with E-state index in [4.69, 9.17) is 9.52 Å². The van der Waals surface area contributed by atoms with Crippen molar-refractivity contribution < 1.29 is 14.3 Å². The van der Waals surface area contributed by atoms with Gasteiger partial charge in [-0.1, -0.05) is 6.92 Å². The maximum absolute atomic E-state index is 10.9. The van der Waals surface area contributed by atoms with E-state index in [-0.39, 0.29) is 5.76 Å². The Labute approximate surface area is 119 Å². The fourth-order valence-electron chi connectivity index (χ4n) is 2.73. The number of piperidine rings is 1. The second-order valence-electron chi connectivity index (χ2n) is 5.49. The van der Waals surface area contributed by atoms with Crippen molar-refractivity contribution in [1.29, 1.82) is 0 Å². The number of carboxylic acid groups (broad SMARTS) is 1. The van der Waals surface area contributed by atoms with Crippen molar-refractivity contribution in [3.63, 3.8) is 0 Å².